The summed E-state index contributed by atoms with van der Waals surface area (Å²) in [7, 11) is -4.20. The van der Waals surface area contributed by atoms with E-state index >= 15 is 0 Å². The van der Waals surface area contributed by atoms with Gasteiger partial charge in [-0.15, -0.1) is 0 Å². The largest absolute Gasteiger partial charge is 0.508 e. The van der Waals surface area contributed by atoms with Gasteiger partial charge in [0.05, 0.1) is 16.3 Å². The monoisotopic (exact) mass is 306 g/mol. The Bertz CT molecular complexity index is 768. The van der Waals surface area contributed by atoms with E-state index in [2.05, 4.69) is 10.2 Å². The van der Waals surface area contributed by atoms with E-state index < -0.39 is 10.1 Å². The minimum Gasteiger partial charge on any atom is -0.508 e. The Kier molecular flexibility index (Phi) is 4.35. The van der Waals surface area contributed by atoms with Crippen LogP contribution in [-0.4, -0.2) is 18.1 Å². The molecule has 0 radical (unpaired) electrons. The molecule has 0 aliphatic heterocycles. The van der Waals surface area contributed by atoms with Crippen molar-refractivity contribution in [3.05, 3.63) is 48.0 Å². The van der Waals surface area contributed by atoms with Crippen molar-refractivity contribution in [2.24, 2.45) is 10.2 Å². The summed E-state index contributed by atoms with van der Waals surface area (Å²) >= 11 is 0. The highest BCUT2D eigenvalue weighted by atomic mass is 32.2. The summed E-state index contributed by atoms with van der Waals surface area (Å²) in [5.41, 5.74) is 1.81. The Labute approximate surface area is 122 Å². The van der Waals surface area contributed by atoms with Gasteiger partial charge in [-0.05, 0) is 54.4 Å². The summed E-state index contributed by atoms with van der Waals surface area (Å²) < 4.78 is 30.7. The second kappa shape index (κ2) is 6.02. The third-order valence-corrected chi connectivity index (χ3v) is 3.73. The first-order valence-electron chi connectivity index (χ1n) is 6.21. The van der Waals surface area contributed by atoms with Gasteiger partial charge in [0.25, 0.3) is 10.1 Å². The molecule has 21 heavy (non-hydrogen) atoms. The summed E-state index contributed by atoms with van der Waals surface area (Å²) in [5.74, 6) is 0.217. The Balaban J connectivity index is 2.21. The molecule has 0 spiro atoms. The maximum atomic E-state index is 10.9. The average molecular weight is 306 g/mol. The van der Waals surface area contributed by atoms with Crippen LogP contribution < -0.4 is 0 Å². The molecule has 0 aromatic heterocycles. The molecule has 2 aromatic rings. The van der Waals surface area contributed by atoms with Crippen LogP contribution in [0.25, 0.3) is 0 Å². The maximum absolute atomic E-state index is 10.9. The van der Waals surface area contributed by atoms with Crippen LogP contribution in [0.5, 0.6) is 5.75 Å². The second-order valence-electron chi connectivity index (χ2n) is 4.34. The van der Waals surface area contributed by atoms with Gasteiger partial charge in [0.2, 0.25) is 0 Å². The molecule has 2 N–H and O–H groups in total. The van der Waals surface area contributed by atoms with Gasteiger partial charge in [-0.25, -0.2) is 0 Å². The van der Waals surface area contributed by atoms with Gasteiger partial charge in [0.15, 0.2) is 0 Å². The number of benzene rings is 2. The first-order chi connectivity index (χ1) is 9.90. The molecule has 6 nitrogen and oxygen atoms in total. The number of hydrogen-bond donors (Lipinski definition) is 2. The normalized spacial score (nSPS) is 11.9. The molecule has 0 amide bonds. The quantitative estimate of drug-likeness (QED) is 0.665. The summed E-state index contributed by atoms with van der Waals surface area (Å²) in [4.78, 5) is -0.195. The summed E-state index contributed by atoms with van der Waals surface area (Å²) in [6.07, 6.45) is 0.679. The van der Waals surface area contributed by atoms with Gasteiger partial charge in [-0.2, -0.15) is 18.6 Å². The van der Waals surface area contributed by atoms with Crippen LogP contribution >= 0.6 is 0 Å². The molecule has 0 atom stereocenters. The highest BCUT2D eigenvalue weighted by Gasteiger charge is 2.08. The van der Waals surface area contributed by atoms with Crippen molar-refractivity contribution in [1.29, 1.82) is 0 Å². The van der Waals surface area contributed by atoms with Gasteiger partial charge < -0.3 is 5.11 Å². The average Bonchev–Trinajstić information content (AvgIpc) is 2.46. The summed E-state index contributed by atoms with van der Waals surface area (Å²) in [6, 6.07) is 10.3. The van der Waals surface area contributed by atoms with Crippen LogP contribution in [0.3, 0.4) is 0 Å². The molecule has 0 bridgehead atoms. The molecule has 0 fully saturated rings. The first kappa shape index (κ1) is 15.1. The lowest BCUT2D eigenvalue weighted by atomic mass is 10.1. The SMILES string of the molecule is CCc1cc(N=Nc2ccc(S(=O)(=O)O)cc2)ccc1O. The number of aryl methyl sites for hydroxylation is 1. The van der Waals surface area contributed by atoms with Crippen LogP contribution in [0.1, 0.15) is 12.5 Å². The fraction of sp³-hybridized carbons (Fsp3) is 0.143. The van der Waals surface area contributed by atoms with Crippen molar-refractivity contribution in [3.63, 3.8) is 0 Å². The molecule has 0 saturated heterocycles. The molecule has 7 heteroatoms. The number of phenols is 1. The third-order valence-electron chi connectivity index (χ3n) is 2.86. The van der Waals surface area contributed by atoms with Crippen LogP contribution in [0, 0.1) is 0 Å². The predicted molar refractivity (Wildman–Crippen MR) is 77.9 cm³/mol. The first-order valence-corrected chi connectivity index (χ1v) is 7.65. The number of rotatable bonds is 4. The zero-order chi connectivity index (χ0) is 15.5. The van der Waals surface area contributed by atoms with Crippen LogP contribution in [0.2, 0.25) is 0 Å². The van der Waals surface area contributed by atoms with E-state index in [9.17, 15) is 13.5 Å². The van der Waals surface area contributed by atoms with Gasteiger partial charge in [0.1, 0.15) is 5.75 Å². The Hall–Kier alpha value is -2.25. The third kappa shape index (κ3) is 3.87. The number of phenolic OH excluding ortho intramolecular Hbond substituents is 1. The van der Waals surface area contributed by atoms with E-state index in [1.807, 2.05) is 6.92 Å². The molecule has 2 rings (SSSR count). The molecule has 0 aliphatic carbocycles. The van der Waals surface area contributed by atoms with Crippen LogP contribution in [0.15, 0.2) is 57.6 Å². The predicted octanol–water partition coefficient (Wildman–Crippen LogP) is 3.62. The zero-order valence-electron chi connectivity index (χ0n) is 11.3. The van der Waals surface area contributed by atoms with E-state index in [4.69, 9.17) is 4.55 Å². The fourth-order valence-electron chi connectivity index (χ4n) is 1.72. The van der Waals surface area contributed by atoms with E-state index in [1.165, 1.54) is 24.3 Å². The number of hydrogen-bond acceptors (Lipinski definition) is 5. The lowest BCUT2D eigenvalue weighted by Gasteiger charge is -2.01. The van der Waals surface area contributed by atoms with Crippen molar-refractivity contribution in [1.82, 2.24) is 0 Å². The topological polar surface area (TPSA) is 99.3 Å². The summed E-state index contributed by atoms with van der Waals surface area (Å²) in [5, 5.41) is 17.6. The maximum Gasteiger partial charge on any atom is 0.294 e. The molecule has 2 aromatic carbocycles. The Morgan fingerprint density at radius 2 is 1.57 bits per heavy atom. The highest BCUT2D eigenvalue weighted by molar-refractivity contribution is 7.85. The second-order valence-corrected chi connectivity index (χ2v) is 5.76. The van der Waals surface area contributed by atoms with Gasteiger partial charge in [0, 0.05) is 0 Å². The number of nitrogens with zero attached hydrogens (tertiary/aromatic N) is 2. The van der Waals surface area contributed by atoms with Crippen molar-refractivity contribution in [2.45, 2.75) is 18.2 Å². The lowest BCUT2D eigenvalue weighted by Crippen LogP contribution is -1.96. The zero-order valence-corrected chi connectivity index (χ0v) is 12.1. The number of azo groups is 1. The number of aromatic hydroxyl groups is 1. The van der Waals surface area contributed by atoms with E-state index in [-0.39, 0.29) is 10.6 Å². The molecule has 110 valence electrons. The molecule has 0 heterocycles. The Morgan fingerprint density at radius 3 is 2.14 bits per heavy atom. The Morgan fingerprint density at radius 1 is 1.00 bits per heavy atom. The summed E-state index contributed by atoms with van der Waals surface area (Å²) in [6.45, 7) is 1.92. The highest BCUT2D eigenvalue weighted by Crippen LogP contribution is 2.25. The van der Waals surface area contributed by atoms with E-state index in [1.54, 1.807) is 18.2 Å². The minimum absolute atomic E-state index is 0.195. The van der Waals surface area contributed by atoms with Crippen LogP contribution in [-0.2, 0) is 16.5 Å². The smallest absolute Gasteiger partial charge is 0.294 e. The molecule has 0 aliphatic rings. The van der Waals surface area contributed by atoms with Gasteiger partial charge in [-0.3, -0.25) is 4.55 Å². The van der Waals surface area contributed by atoms with Crippen molar-refractivity contribution in [2.75, 3.05) is 0 Å². The lowest BCUT2D eigenvalue weighted by molar-refractivity contribution is 0.469. The minimum atomic E-state index is -4.20. The van der Waals surface area contributed by atoms with Crippen LogP contribution in [0.4, 0.5) is 11.4 Å². The molecule has 0 saturated carbocycles. The molecule has 0 unspecified atom stereocenters. The molecular formula is C14H14N2O4S. The molecular weight excluding hydrogens is 292 g/mol. The fourth-order valence-corrected chi connectivity index (χ4v) is 2.20. The van der Waals surface area contributed by atoms with Gasteiger partial charge >= 0.3 is 0 Å². The van der Waals surface area contributed by atoms with Crippen molar-refractivity contribution < 1.29 is 18.1 Å². The van der Waals surface area contributed by atoms with E-state index in [0.717, 1.165) is 5.56 Å². The van der Waals surface area contributed by atoms with E-state index in [0.29, 0.717) is 17.8 Å². The van der Waals surface area contributed by atoms with Crippen molar-refractivity contribution >= 4 is 21.5 Å². The van der Waals surface area contributed by atoms with Crippen molar-refractivity contribution in [3.8, 4) is 5.75 Å². The standard InChI is InChI=1S/C14H14N2O4S/c1-2-10-9-12(5-8-14(10)17)16-15-11-3-6-13(7-4-11)21(18,19)20/h3-9,17H,2H2,1H3,(H,18,19,20). The van der Waals surface area contributed by atoms with Gasteiger partial charge in [-0.1, -0.05) is 6.92 Å².